The second kappa shape index (κ2) is 11.3. The molecule has 0 spiro atoms. The third kappa shape index (κ3) is 10.4. The van der Waals surface area contributed by atoms with Crippen molar-refractivity contribution in [2.24, 2.45) is 31.9 Å². The molecule has 0 aromatic rings. The largest absolute Gasteiger partial charge is 2.00 e. The molecule has 0 rings (SSSR count). The van der Waals surface area contributed by atoms with Crippen LogP contribution in [0.5, 0.6) is 0 Å². The Balaban J connectivity index is 0. The molecule has 0 aromatic carbocycles. The van der Waals surface area contributed by atoms with Crippen LogP contribution in [0.15, 0.2) is 20.4 Å². The SMILES string of the molecule is CCOC(C)C(/C=N\N=C(\N)[S-])=N/N=C(/N)[S-].[Cu+2]. The average Bonchev–Trinajstić information content (AvgIpc) is 2.22. The zero-order valence-corrected chi connectivity index (χ0v) is 12.4. The van der Waals surface area contributed by atoms with E-state index in [4.69, 9.17) is 16.2 Å². The van der Waals surface area contributed by atoms with E-state index < -0.39 is 0 Å². The zero-order chi connectivity index (χ0) is 13.3. The predicted octanol–water partition coefficient (Wildman–Crippen LogP) is -0.526. The fraction of sp³-hybridized carbons (Fsp3) is 0.500. The summed E-state index contributed by atoms with van der Waals surface area (Å²) in [5.74, 6) is 0. The van der Waals surface area contributed by atoms with E-state index in [-0.39, 0.29) is 33.5 Å². The number of hydrogen-bond acceptors (Lipinski definition) is 7. The summed E-state index contributed by atoms with van der Waals surface area (Å²) in [4.78, 5) is 0. The van der Waals surface area contributed by atoms with Crippen LogP contribution in [0, 0.1) is 0 Å². The van der Waals surface area contributed by atoms with Gasteiger partial charge in [0.15, 0.2) is 0 Å². The van der Waals surface area contributed by atoms with Crippen LogP contribution in [-0.4, -0.2) is 35.0 Å². The average molecular weight is 338 g/mol. The van der Waals surface area contributed by atoms with E-state index in [0.29, 0.717) is 12.3 Å². The van der Waals surface area contributed by atoms with Gasteiger partial charge in [0.1, 0.15) is 11.8 Å². The predicted molar refractivity (Wildman–Crippen MR) is 75.0 cm³/mol. The van der Waals surface area contributed by atoms with Crippen LogP contribution < -0.4 is 11.5 Å². The molecule has 18 heavy (non-hydrogen) atoms. The summed E-state index contributed by atoms with van der Waals surface area (Å²) in [6.45, 7) is 4.16. The first-order valence-corrected chi connectivity index (χ1v) is 5.52. The smallest absolute Gasteiger partial charge is 0.741 e. The summed E-state index contributed by atoms with van der Waals surface area (Å²) in [6.07, 6.45) is 1.02. The number of nitrogens with two attached hydrogens (primary N) is 2. The van der Waals surface area contributed by atoms with Crippen molar-refractivity contribution in [1.82, 2.24) is 0 Å². The van der Waals surface area contributed by atoms with Gasteiger partial charge in [-0.2, -0.15) is 20.4 Å². The Morgan fingerprint density at radius 3 is 2.22 bits per heavy atom. The van der Waals surface area contributed by atoms with Gasteiger partial charge in [0.2, 0.25) is 0 Å². The van der Waals surface area contributed by atoms with Crippen molar-refractivity contribution in [2.45, 2.75) is 20.0 Å². The Hall–Kier alpha value is -0.801. The zero-order valence-electron chi connectivity index (χ0n) is 9.83. The van der Waals surface area contributed by atoms with E-state index in [1.54, 1.807) is 6.92 Å². The van der Waals surface area contributed by atoms with Crippen molar-refractivity contribution in [3.63, 3.8) is 0 Å². The van der Waals surface area contributed by atoms with Crippen molar-refractivity contribution >= 4 is 47.5 Å². The summed E-state index contributed by atoms with van der Waals surface area (Å²) >= 11 is 9.11. The van der Waals surface area contributed by atoms with Gasteiger partial charge in [-0.05, 0) is 24.2 Å². The maximum atomic E-state index is 5.32. The van der Waals surface area contributed by atoms with Crippen LogP contribution in [0.3, 0.4) is 0 Å². The molecule has 1 atom stereocenters. The van der Waals surface area contributed by atoms with Crippen LogP contribution >= 0.6 is 0 Å². The minimum Gasteiger partial charge on any atom is -0.741 e. The molecule has 0 saturated carbocycles. The number of ether oxygens (including phenoxy) is 1. The van der Waals surface area contributed by atoms with Crippen molar-refractivity contribution < 1.29 is 21.8 Å². The molecule has 1 unspecified atom stereocenters. The van der Waals surface area contributed by atoms with E-state index in [0.717, 1.165) is 0 Å². The van der Waals surface area contributed by atoms with Gasteiger partial charge < -0.3 is 41.5 Å². The molecule has 0 aromatic heterocycles. The molecule has 0 aliphatic heterocycles. The standard InChI is InChI=1S/C8H16N6OS2.Cu/c1-3-15-5(2)6(12-14-8(10)17)4-11-13-7(9)16;/h4-5H,3H2,1-2H3,(H3,9,13,16)(H3,10,14,17);/q;+2/p-2/b11-4-,12-6+;. The molecule has 10 heteroatoms. The molecule has 0 heterocycles. The molecule has 0 aliphatic rings. The Kier molecular flexibility index (Phi) is 12.3. The third-order valence-electron chi connectivity index (χ3n) is 1.44. The number of hydrogen-bond donors (Lipinski definition) is 2. The molecule has 0 bridgehead atoms. The molecule has 0 fully saturated rings. The summed E-state index contributed by atoms with van der Waals surface area (Å²) in [5, 5.41) is 14.3. The van der Waals surface area contributed by atoms with Crippen molar-refractivity contribution in [2.75, 3.05) is 6.61 Å². The summed E-state index contributed by atoms with van der Waals surface area (Å²) in [6, 6.07) is 0. The fourth-order valence-corrected chi connectivity index (χ4v) is 0.887. The summed E-state index contributed by atoms with van der Waals surface area (Å²) in [5.41, 5.74) is 10.8. The maximum Gasteiger partial charge on any atom is 2.00 e. The van der Waals surface area contributed by atoms with E-state index in [2.05, 4.69) is 45.7 Å². The van der Waals surface area contributed by atoms with Crippen molar-refractivity contribution in [3.05, 3.63) is 0 Å². The number of rotatable bonds is 6. The summed E-state index contributed by atoms with van der Waals surface area (Å²) < 4.78 is 5.32. The van der Waals surface area contributed by atoms with Gasteiger partial charge >= 0.3 is 17.1 Å². The first-order valence-electron chi connectivity index (χ1n) is 4.70. The first kappa shape index (κ1) is 19.5. The molecular formula is C8H14CuN6OS2. The Morgan fingerprint density at radius 1 is 1.22 bits per heavy atom. The summed E-state index contributed by atoms with van der Waals surface area (Å²) in [7, 11) is 0. The van der Waals surface area contributed by atoms with Gasteiger partial charge in [0, 0.05) is 6.61 Å². The molecule has 4 N–H and O–H groups in total. The minimum absolute atomic E-state index is 0. The van der Waals surface area contributed by atoms with Crippen LogP contribution in [0.25, 0.3) is 0 Å². The van der Waals surface area contributed by atoms with Gasteiger partial charge in [-0.25, -0.2) is 0 Å². The first-order chi connectivity index (χ1) is 7.97. The Morgan fingerprint density at radius 2 is 1.78 bits per heavy atom. The maximum absolute atomic E-state index is 5.32. The number of amidine groups is 2. The van der Waals surface area contributed by atoms with Gasteiger partial charge in [-0.3, -0.25) is 0 Å². The van der Waals surface area contributed by atoms with E-state index >= 15 is 0 Å². The van der Waals surface area contributed by atoms with E-state index in [1.807, 2.05) is 6.92 Å². The van der Waals surface area contributed by atoms with Gasteiger partial charge in [0.25, 0.3) is 0 Å². The monoisotopic (exact) mass is 337 g/mol. The molecule has 0 aliphatic carbocycles. The van der Waals surface area contributed by atoms with E-state index in [9.17, 15) is 0 Å². The Labute approximate surface area is 128 Å². The normalized spacial score (nSPS) is 15.6. The topological polar surface area (TPSA) is 111 Å². The second-order valence-electron chi connectivity index (χ2n) is 2.74. The van der Waals surface area contributed by atoms with Crippen molar-refractivity contribution in [3.8, 4) is 0 Å². The molecule has 0 amide bonds. The van der Waals surface area contributed by atoms with Crippen molar-refractivity contribution in [1.29, 1.82) is 0 Å². The molecule has 0 saturated heterocycles. The van der Waals surface area contributed by atoms with Crippen LogP contribution in [0.4, 0.5) is 0 Å². The quantitative estimate of drug-likeness (QED) is 0.223. The Bertz CT molecular complexity index is 349. The van der Waals surface area contributed by atoms with Gasteiger partial charge in [0.05, 0.1) is 6.21 Å². The molecule has 105 valence electrons. The van der Waals surface area contributed by atoms with Crippen LogP contribution in [0.1, 0.15) is 13.8 Å². The second-order valence-corrected chi connectivity index (χ2v) is 3.58. The van der Waals surface area contributed by atoms with Crippen LogP contribution in [0.2, 0.25) is 0 Å². The van der Waals surface area contributed by atoms with Gasteiger partial charge in [-0.1, -0.05) is 0 Å². The van der Waals surface area contributed by atoms with Gasteiger partial charge in [-0.15, -0.1) is 0 Å². The molecule has 7 nitrogen and oxygen atoms in total. The third-order valence-corrected chi connectivity index (χ3v) is 1.61. The molecular weight excluding hydrogens is 324 g/mol. The minimum atomic E-state index is -0.316. The van der Waals surface area contributed by atoms with Crippen LogP contribution in [-0.2, 0) is 47.1 Å². The molecule has 1 radical (unpaired) electrons. The number of nitrogens with zero attached hydrogens (tertiary/aromatic N) is 4. The fourth-order valence-electron chi connectivity index (χ4n) is 0.799. The van der Waals surface area contributed by atoms with E-state index in [1.165, 1.54) is 6.21 Å².